The lowest BCUT2D eigenvalue weighted by Crippen LogP contribution is -2.39. The normalized spacial score (nSPS) is 14.3. The summed E-state index contributed by atoms with van der Waals surface area (Å²) in [5.74, 6) is -0.740. The van der Waals surface area contributed by atoms with E-state index in [1.54, 1.807) is 39.0 Å². The number of ether oxygens (including phenoxy) is 1. The van der Waals surface area contributed by atoms with Crippen LogP contribution in [0.15, 0.2) is 53.5 Å². The maximum atomic E-state index is 12.7. The highest BCUT2D eigenvalue weighted by Gasteiger charge is 2.28. The molecule has 0 spiro atoms. The summed E-state index contributed by atoms with van der Waals surface area (Å²) in [4.78, 5) is 31.0. The van der Waals surface area contributed by atoms with Gasteiger partial charge in [0.2, 0.25) is 5.91 Å². The number of aliphatic imine (C=N–C) groups is 1. The second-order valence-electron chi connectivity index (χ2n) is 7.26. The van der Waals surface area contributed by atoms with Gasteiger partial charge < -0.3 is 4.74 Å². The third kappa shape index (κ3) is 4.55. The number of carbonyl (C=O) groups excluding carboxylic acids is 2. The summed E-state index contributed by atoms with van der Waals surface area (Å²) in [6.07, 6.45) is 0. The number of nitrogens with zero attached hydrogens (tertiary/aromatic N) is 2. The number of halogens is 1. The molecule has 1 aliphatic heterocycles. The van der Waals surface area contributed by atoms with E-state index in [-0.39, 0.29) is 19.0 Å². The number of amides is 1. The number of anilines is 1. The van der Waals surface area contributed by atoms with Crippen LogP contribution in [0.2, 0.25) is 5.02 Å². The van der Waals surface area contributed by atoms with E-state index in [4.69, 9.17) is 16.3 Å². The van der Waals surface area contributed by atoms with Crippen LogP contribution in [0.5, 0.6) is 0 Å². The number of benzodiazepines with no additional fused rings is 1. The Morgan fingerprint density at radius 3 is 2.56 bits per heavy atom. The first-order valence-corrected chi connectivity index (χ1v) is 9.04. The Balaban J connectivity index is 2.03. The number of esters is 1. The predicted molar refractivity (Wildman–Crippen MR) is 107 cm³/mol. The Bertz CT molecular complexity index is 901. The van der Waals surface area contributed by atoms with Gasteiger partial charge in [0, 0.05) is 16.1 Å². The van der Waals surface area contributed by atoms with Crippen LogP contribution < -0.4 is 4.90 Å². The molecule has 0 aromatic heterocycles. The lowest BCUT2D eigenvalue weighted by molar-refractivity contribution is -0.153. The number of hydrogen-bond acceptors (Lipinski definition) is 4. The quantitative estimate of drug-likeness (QED) is 0.755. The van der Waals surface area contributed by atoms with Crippen LogP contribution in [0.4, 0.5) is 5.69 Å². The molecule has 27 heavy (non-hydrogen) atoms. The Morgan fingerprint density at radius 1 is 1.19 bits per heavy atom. The first-order chi connectivity index (χ1) is 12.7. The third-order valence-electron chi connectivity index (χ3n) is 3.93. The fourth-order valence-electron chi connectivity index (χ4n) is 2.90. The fraction of sp³-hybridized carbons (Fsp3) is 0.286. The summed E-state index contributed by atoms with van der Waals surface area (Å²) in [6, 6.07) is 14.8. The molecule has 0 fully saturated rings. The van der Waals surface area contributed by atoms with Gasteiger partial charge in [-0.1, -0.05) is 41.9 Å². The van der Waals surface area contributed by atoms with Crippen molar-refractivity contribution in [2.45, 2.75) is 26.4 Å². The van der Waals surface area contributed by atoms with Crippen LogP contribution in [0, 0.1) is 0 Å². The summed E-state index contributed by atoms with van der Waals surface area (Å²) >= 11 is 6.21. The Morgan fingerprint density at radius 2 is 1.89 bits per heavy atom. The molecule has 0 saturated heterocycles. The van der Waals surface area contributed by atoms with Crippen LogP contribution in [-0.4, -0.2) is 36.3 Å². The number of rotatable bonds is 3. The minimum Gasteiger partial charge on any atom is -0.459 e. The molecule has 6 heteroatoms. The van der Waals surface area contributed by atoms with Crippen molar-refractivity contribution in [3.8, 4) is 0 Å². The van der Waals surface area contributed by atoms with Crippen molar-refractivity contribution in [2.75, 3.05) is 18.0 Å². The molecule has 1 aliphatic rings. The summed E-state index contributed by atoms with van der Waals surface area (Å²) in [6.45, 7) is 5.14. The standard InChI is InChI=1S/C21H21ClN2O3/c1-21(2,3)27-19(26)13-24-17-10-9-15(22)11-16(17)20(23-12-18(24)25)14-7-5-4-6-8-14/h4-11H,12-13H2,1-3H3. The van der Waals surface area contributed by atoms with Crippen molar-refractivity contribution in [1.82, 2.24) is 0 Å². The minimum atomic E-state index is -0.624. The van der Waals surface area contributed by atoms with E-state index < -0.39 is 11.6 Å². The molecular formula is C21H21ClN2O3. The highest BCUT2D eigenvalue weighted by Crippen LogP contribution is 2.29. The average Bonchev–Trinajstić information content (AvgIpc) is 2.71. The molecule has 1 heterocycles. The molecule has 0 bridgehead atoms. The molecule has 0 saturated carbocycles. The largest absolute Gasteiger partial charge is 0.459 e. The zero-order valence-electron chi connectivity index (χ0n) is 15.5. The molecule has 3 rings (SSSR count). The second-order valence-corrected chi connectivity index (χ2v) is 7.70. The van der Waals surface area contributed by atoms with E-state index in [2.05, 4.69) is 4.99 Å². The van der Waals surface area contributed by atoms with Gasteiger partial charge in [0.1, 0.15) is 18.7 Å². The highest BCUT2D eigenvalue weighted by atomic mass is 35.5. The highest BCUT2D eigenvalue weighted by molar-refractivity contribution is 6.32. The molecular weight excluding hydrogens is 364 g/mol. The van der Waals surface area contributed by atoms with Crippen molar-refractivity contribution >= 4 is 34.9 Å². The lowest BCUT2D eigenvalue weighted by atomic mass is 10.00. The lowest BCUT2D eigenvalue weighted by Gasteiger charge is -2.25. The van der Waals surface area contributed by atoms with Gasteiger partial charge in [0.25, 0.3) is 0 Å². The first-order valence-electron chi connectivity index (χ1n) is 8.66. The molecule has 0 N–H and O–H groups in total. The van der Waals surface area contributed by atoms with Gasteiger partial charge in [-0.15, -0.1) is 0 Å². The second kappa shape index (κ2) is 7.53. The van der Waals surface area contributed by atoms with Crippen molar-refractivity contribution in [2.24, 2.45) is 4.99 Å². The molecule has 140 valence electrons. The zero-order valence-corrected chi connectivity index (χ0v) is 16.3. The van der Waals surface area contributed by atoms with Gasteiger partial charge in [-0.2, -0.15) is 0 Å². The van der Waals surface area contributed by atoms with Crippen LogP contribution in [-0.2, 0) is 14.3 Å². The van der Waals surface area contributed by atoms with E-state index in [1.165, 1.54) is 4.90 Å². The van der Waals surface area contributed by atoms with Gasteiger partial charge in [-0.25, -0.2) is 0 Å². The first kappa shape index (κ1) is 19.1. The zero-order chi connectivity index (χ0) is 19.6. The Kier molecular flexibility index (Phi) is 5.33. The van der Waals surface area contributed by atoms with Gasteiger partial charge in [0.15, 0.2) is 0 Å². The van der Waals surface area contributed by atoms with Crippen molar-refractivity contribution in [3.63, 3.8) is 0 Å². The maximum Gasteiger partial charge on any atom is 0.326 e. The van der Waals surface area contributed by atoms with Crippen molar-refractivity contribution < 1.29 is 14.3 Å². The van der Waals surface area contributed by atoms with Crippen LogP contribution in [0.3, 0.4) is 0 Å². The van der Waals surface area contributed by atoms with E-state index >= 15 is 0 Å². The smallest absolute Gasteiger partial charge is 0.326 e. The minimum absolute atomic E-state index is 0.0562. The number of hydrogen-bond donors (Lipinski definition) is 0. The summed E-state index contributed by atoms with van der Waals surface area (Å²) < 4.78 is 5.38. The molecule has 2 aromatic carbocycles. The van der Waals surface area contributed by atoms with E-state index in [0.717, 1.165) is 5.56 Å². The average molecular weight is 385 g/mol. The molecule has 0 radical (unpaired) electrons. The molecule has 0 atom stereocenters. The predicted octanol–water partition coefficient (Wildman–Crippen LogP) is 3.87. The molecule has 0 aliphatic carbocycles. The van der Waals surface area contributed by atoms with Crippen LogP contribution in [0.1, 0.15) is 31.9 Å². The fourth-order valence-corrected chi connectivity index (χ4v) is 3.08. The third-order valence-corrected chi connectivity index (χ3v) is 4.17. The Hall–Kier alpha value is -2.66. The van der Waals surface area contributed by atoms with Gasteiger partial charge in [-0.05, 0) is 39.0 Å². The van der Waals surface area contributed by atoms with Crippen molar-refractivity contribution in [1.29, 1.82) is 0 Å². The number of benzene rings is 2. The topological polar surface area (TPSA) is 59.0 Å². The number of fused-ring (bicyclic) bond motifs is 1. The van der Waals surface area contributed by atoms with Gasteiger partial charge in [0.05, 0.1) is 11.4 Å². The van der Waals surface area contributed by atoms with Gasteiger partial charge in [-0.3, -0.25) is 19.5 Å². The van der Waals surface area contributed by atoms with E-state index in [1.807, 2.05) is 30.3 Å². The molecule has 0 unspecified atom stereocenters. The van der Waals surface area contributed by atoms with Crippen LogP contribution in [0.25, 0.3) is 0 Å². The molecule has 1 amide bonds. The van der Waals surface area contributed by atoms with E-state index in [0.29, 0.717) is 22.0 Å². The Labute approximate surface area is 163 Å². The summed E-state index contributed by atoms with van der Waals surface area (Å²) in [5.41, 5.74) is 2.24. The number of carbonyl (C=O) groups is 2. The van der Waals surface area contributed by atoms with Crippen molar-refractivity contribution in [3.05, 3.63) is 64.7 Å². The summed E-state index contributed by atoms with van der Waals surface area (Å²) in [5, 5.41) is 0.531. The van der Waals surface area contributed by atoms with Crippen LogP contribution >= 0.6 is 11.6 Å². The SMILES string of the molecule is CC(C)(C)OC(=O)CN1C(=O)CN=C(c2ccccc2)c2cc(Cl)ccc21. The monoisotopic (exact) mass is 384 g/mol. The maximum absolute atomic E-state index is 12.7. The van der Waals surface area contributed by atoms with Gasteiger partial charge >= 0.3 is 5.97 Å². The molecule has 5 nitrogen and oxygen atoms in total. The molecule has 2 aromatic rings. The summed E-state index contributed by atoms with van der Waals surface area (Å²) in [7, 11) is 0. The van der Waals surface area contributed by atoms with E-state index in [9.17, 15) is 9.59 Å².